The molecule has 2 fully saturated rings. The second-order valence-corrected chi connectivity index (χ2v) is 8.82. The molecule has 2 heterocycles. The number of hydrogen-bond acceptors (Lipinski definition) is 3. The SMILES string of the molecule is CNCC1CCN(S(=O)(=O)N2CCC(C(C)C)CC2)CC1. The highest BCUT2D eigenvalue weighted by atomic mass is 32.2. The summed E-state index contributed by atoms with van der Waals surface area (Å²) < 4.78 is 28.9. The first kappa shape index (κ1) is 17.2. The Balaban J connectivity index is 1.88. The van der Waals surface area contributed by atoms with E-state index in [0.29, 0.717) is 43.9 Å². The molecule has 0 atom stereocenters. The van der Waals surface area contributed by atoms with Gasteiger partial charge >= 0.3 is 0 Å². The van der Waals surface area contributed by atoms with Crippen LogP contribution in [0.2, 0.25) is 0 Å². The zero-order chi connectivity index (χ0) is 15.5. The molecule has 0 aromatic rings. The number of nitrogens with zero attached hydrogens (tertiary/aromatic N) is 2. The minimum absolute atomic E-state index is 0.619. The highest BCUT2D eigenvalue weighted by Gasteiger charge is 2.35. The summed E-state index contributed by atoms with van der Waals surface area (Å²) in [7, 11) is -1.27. The maximum Gasteiger partial charge on any atom is 0.281 e. The summed E-state index contributed by atoms with van der Waals surface area (Å²) in [6, 6.07) is 0. The van der Waals surface area contributed by atoms with Gasteiger partial charge < -0.3 is 5.32 Å². The van der Waals surface area contributed by atoms with Crippen molar-refractivity contribution in [3.8, 4) is 0 Å². The maximum absolute atomic E-state index is 12.7. The molecule has 6 heteroatoms. The molecular formula is C15H31N3O2S. The second kappa shape index (κ2) is 7.40. The van der Waals surface area contributed by atoms with Crippen molar-refractivity contribution in [1.82, 2.24) is 13.9 Å². The third-order valence-electron chi connectivity index (χ3n) is 5.16. The smallest absolute Gasteiger partial charge is 0.281 e. The highest BCUT2D eigenvalue weighted by Crippen LogP contribution is 2.28. The predicted molar refractivity (Wildman–Crippen MR) is 86.3 cm³/mol. The topological polar surface area (TPSA) is 52.7 Å². The Morgan fingerprint density at radius 2 is 1.48 bits per heavy atom. The van der Waals surface area contributed by atoms with E-state index < -0.39 is 10.2 Å². The van der Waals surface area contributed by atoms with E-state index in [2.05, 4.69) is 19.2 Å². The Kier molecular flexibility index (Phi) is 6.05. The van der Waals surface area contributed by atoms with Crippen LogP contribution in [0, 0.1) is 17.8 Å². The zero-order valence-corrected chi connectivity index (χ0v) is 14.5. The summed E-state index contributed by atoms with van der Waals surface area (Å²) in [6.45, 7) is 8.22. The average molecular weight is 317 g/mol. The molecule has 0 unspecified atom stereocenters. The highest BCUT2D eigenvalue weighted by molar-refractivity contribution is 7.86. The van der Waals surface area contributed by atoms with Crippen molar-refractivity contribution in [3.05, 3.63) is 0 Å². The molecule has 0 aromatic heterocycles. The molecule has 1 N–H and O–H groups in total. The van der Waals surface area contributed by atoms with Crippen molar-refractivity contribution in [2.45, 2.75) is 39.5 Å². The van der Waals surface area contributed by atoms with E-state index in [0.717, 1.165) is 32.2 Å². The Morgan fingerprint density at radius 1 is 1.00 bits per heavy atom. The molecule has 2 aliphatic rings. The number of piperidine rings is 2. The Morgan fingerprint density at radius 3 is 1.90 bits per heavy atom. The van der Waals surface area contributed by atoms with Gasteiger partial charge in [-0.1, -0.05) is 13.8 Å². The molecule has 0 saturated carbocycles. The Hall–Kier alpha value is -0.170. The lowest BCUT2D eigenvalue weighted by Crippen LogP contribution is -2.50. The van der Waals surface area contributed by atoms with Crippen molar-refractivity contribution >= 4 is 10.2 Å². The van der Waals surface area contributed by atoms with Gasteiger partial charge in [-0.3, -0.25) is 0 Å². The fourth-order valence-corrected chi connectivity index (χ4v) is 5.24. The van der Waals surface area contributed by atoms with Gasteiger partial charge in [0, 0.05) is 26.2 Å². The lowest BCUT2D eigenvalue weighted by molar-refractivity contribution is 0.203. The molecule has 2 aliphatic heterocycles. The zero-order valence-electron chi connectivity index (χ0n) is 13.7. The molecule has 0 aromatic carbocycles. The van der Waals surface area contributed by atoms with Crippen LogP contribution in [0.3, 0.4) is 0 Å². The van der Waals surface area contributed by atoms with Gasteiger partial charge in [-0.15, -0.1) is 0 Å². The van der Waals surface area contributed by atoms with E-state index in [-0.39, 0.29) is 0 Å². The monoisotopic (exact) mass is 317 g/mol. The van der Waals surface area contributed by atoms with Crippen molar-refractivity contribution in [3.63, 3.8) is 0 Å². The fourth-order valence-electron chi connectivity index (χ4n) is 3.57. The molecule has 0 amide bonds. The lowest BCUT2D eigenvalue weighted by atomic mass is 9.87. The molecule has 2 rings (SSSR count). The molecule has 124 valence electrons. The van der Waals surface area contributed by atoms with Crippen LogP contribution in [0.1, 0.15) is 39.5 Å². The van der Waals surface area contributed by atoms with Gasteiger partial charge in [-0.25, -0.2) is 0 Å². The van der Waals surface area contributed by atoms with Crippen LogP contribution in [0.5, 0.6) is 0 Å². The first-order valence-electron chi connectivity index (χ1n) is 8.35. The third kappa shape index (κ3) is 4.18. The van der Waals surface area contributed by atoms with Crippen LogP contribution in [0.25, 0.3) is 0 Å². The summed E-state index contributed by atoms with van der Waals surface area (Å²) >= 11 is 0. The van der Waals surface area contributed by atoms with E-state index >= 15 is 0 Å². The van der Waals surface area contributed by atoms with Crippen LogP contribution in [0.15, 0.2) is 0 Å². The van der Waals surface area contributed by atoms with Gasteiger partial charge in [0.25, 0.3) is 10.2 Å². The van der Waals surface area contributed by atoms with E-state index in [1.807, 2.05) is 7.05 Å². The van der Waals surface area contributed by atoms with E-state index in [4.69, 9.17) is 0 Å². The van der Waals surface area contributed by atoms with Crippen LogP contribution in [-0.2, 0) is 10.2 Å². The Labute approximate surface area is 130 Å². The molecule has 5 nitrogen and oxygen atoms in total. The van der Waals surface area contributed by atoms with Crippen molar-refractivity contribution in [1.29, 1.82) is 0 Å². The van der Waals surface area contributed by atoms with Crippen LogP contribution in [0.4, 0.5) is 0 Å². The van der Waals surface area contributed by atoms with E-state index in [1.165, 1.54) is 0 Å². The van der Waals surface area contributed by atoms with Gasteiger partial charge in [0.05, 0.1) is 0 Å². The lowest BCUT2D eigenvalue weighted by Gasteiger charge is -2.38. The second-order valence-electron chi connectivity index (χ2n) is 6.89. The minimum Gasteiger partial charge on any atom is -0.319 e. The number of rotatable bonds is 5. The first-order chi connectivity index (χ1) is 9.95. The Bertz CT molecular complexity index is 409. The number of nitrogens with one attached hydrogen (secondary N) is 1. The molecule has 21 heavy (non-hydrogen) atoms. The van der Waals surface area contributed by atoms with Gasteiger partial charge in [0.2, 0.25) is 0 Å². The van der Waals surface area contributed by atoms with Crippen molar-refractivity contribution in [2.24, 2.45) is 17.8 Å². The molecule has 0 bridgehead atoms. The predicted octanol–water partition coefficient (Wildman–Crippen LogP) is 1.53. The quantitative estimate of drug-likeness (QED) is 0.837. The van der Waals surface area contributed by atoms with Crippen molar-refractivity contribution in [2.75, 3.05) is 39.8 Å². The molecule has 0 aliphatic carbocycles. The summed E-state index contributed by atoms with van der Waals surface area (Å²) in [5.74, 6) is 1.96. The summed E-state index contributed by atoms with van der Waals surface area (Å²) in [5, 5.41) is 3.19. The van der Waals surface area contributed by atoms with Gasteiger partial charge in [-0.05, 0) is 57.0 Å². The molecular weight excluding hydrogens is 286 g/mol. The largest absolute Gasteiger partial charge is 0.319 e. The minimum atomic E-state index is -3.23. The third-order valence-corrected chi connectivity index (χ3v) is 7.20. The molecule has 0 spiro atoms. The standard InChI is InChI=1S/C15H31N3O2S/c1-13(2)15-6-10-18(11-7-15)21(19,20)17-8-4-14(5-9-17)12-16-3/h13-16H,4-12H2,1-3H3. The van der Waals surface area contributed by atoms with E-state index in [9.17, 15) is 8.42 Å². The molecule has 0 radical (unpaired) electrons. The van der Waals surface area contributed by atoms with Gasteiger partial charge in [0.1, 0.15) is 0 Å². The number of hydrogen-bond donors (Lipinski definition) is 1. The maximum atomic E-state index is 12.7. The summed E-state index contributed by atoms with van der Waals surface area (Å²) in [4.78, 5) is 0. The van der Waals surface area contributed by atoms with Crippen LogP contribution in [-0.4, -0.2) is 56.8 Å². The summed E-state index contributed by atoms with van der Waals surface area (Å²) in [5.41, 5.74) is 0. The average Bonchev–Trinajstić information content (AvgIpc) is 2.48. The van der Waals surface area contributed by atoms with Gasteiger partial charge in [-0.2, -0.15) is 17.0 Å². The van der Waals surface area contributed by atoms with E-state index in [1.54, 1.807) is 8.61 Å². The van der Waals surface area contributed by atoms with Crippen molar-refractivity contribution < 1.29 is 8.42 Å². The van der Waals surface area contributed by atoms with Gasteiger partial charge in [0.15, 0.2) is 0 Å². The summed E-state index contributed by atoms with van der Waals surface area (Å²) in [6.07, 6.45) is 3.96. The molecule has 2 saturated heterocycles. The fraction of sp³-hybridized carbons (Fsp3) is 1.00. The van der Waals surface area contributed by atoms with Crippen LogP contribution < -0.4 is 5.32 Å². The first-order valence-corrected chi connectivity index (χ1v) is 9.74. The van der Waals surface area contributed by atoms with Crippen LogP contribution >= 0.6 is 0 Å². The normalized spacial score (nSPS) is 24.8.